The van der Waals surface area contributed by atoms with Crippen LogP contribution >= 0.6 is 0 Å². The number of rotatable bonds is 4. The fourth-order valence-electron chi connectivity index (χ4n) is 2.25. The third kappa shape index (κ3) is 3.06. The zero-order valence-corrected chi connectivity index (χ0v) is 10.0. The maximum Gasteiger partial charge on any atom is 0.133 e. The van der Waals surface area contributed by atoms with Gasteiger partial charge in [-0.05, 0) is 32.6 Å². The minimum absolute atomic E-state index is 0.465. The molecule has 1 heterocycles. The summed E-state index contributed by atoms with van der Waals surface area (Å²) < 4.78 is 10.4. The van der Waals surface area contributed by atoms with Gasteiger partial charge in [-0.25, -0.2) is 0 Å². The second-order valence-corrected chi connectivity index (χ2v) is 4.52. The number of nitrogens with zero attached hydrogens (tertiary/aromatic N) is 1. The molecule has 16 heavy (non-hydrogen) atoms. The van der Waals surface area contributed by atoms with Crippen LogP contribution in [0, 0.1) is 6.92 Å². The van der Waals surface area contributed by atoms with Crippen molar-refractivity contribution in [3.63, 3.8) is 0 Å². The van der Waals surface area contributed by atoms with Gasteiger partial charge in [0, 0.05) is 25.8 Å². The number of aromatic nitrogens is 1. The average Bonchev–Trinajstić information content (AvgIpc) is 2.73. The molecule has 0 unspecified atom stereocenters. The maximum atomic E-state index is 5.35. The van der Waals surface area contributed by atoms with Crippen LogP contribution in [0.4, 0.5) is 0 Å². The van der Waals surface area contributed by atoms with Crippen molar-refractivity contribution >= 4 is 0 Å². The molecular weight excluding hydrogens is 204 g/mol. The molecule has 1 aromatic rings. The molecule has 4 nitrogen and oxygen atoms in total. The van der Waals surface area contributed by atoms with Gasteiger partial charge < -0.3 is 14.6 Å². The van der Waals surface area contributed by atoms with Crippen LogP contribution in [0.2, 0.25) is 0 Å². The van der Waals surface area contributed by atoms with Crippen molar-refractivity contribution in [3.05, 3.63) is 17.5 Å². The fraction of sp³-hybridized carbons (Fsp3) is 0.750. The van der Waals surface area contributed by atoms with Crippen molar-refractivity contribution < 1.29 is 9.26 Å². The van der Waals surface area contributed by atoms with Gasteiger partial charge in [0.05, 0.1) is 11.8 Å². The third-order valence-electron chi connectivity index (χ3n) is 3.26. The van der Waals surface area contributed by atoms with E-state index in [9.17, 15) is 0 Å². The molecule has 0 aromatic carbocycles. The Labute approximate surface area is 96.3 Å². The van der Waals surface area contributed by atoms with Crippen LogP contribution in [0.3, 0.4) is 0 Å². The zero-order chi connectivity index (χ0) is 11.4. The van der Waals surface area contributed by atoms with E-state index in [2.05, 4.69) is 10.5 Å². The molecule has 1 aromatic heterocycles. The highest BCUT2D eigenvalue weighted by Crippen LogP contribution is 2.20. The predicted molar refractivity (Wildman–Crippen MR) is 61.1 cm³/mol. The van der Waals surface area contributed by atoms with Gasteiger partial charge in [0.25, 0.3) is 0 Å². The molecule has 0 saturated heterocycles. The molecule has 1 fully saturated rings. The van der Waals surface area contributed by atoms with E-state index in [1.54, 1.807) is 7.11 Å². The summed E-state index contributed by atoms with van der Waals surface area (Å²) >= 11 is 0. The molecule has 1 aliphatic carbocycles. The zero-order valence-electron chi connectivity index (χ0n) is 10.0. The first-order chi connectivity index (χ1) is 7.78. The van der Waals surface area contributed by atoms with Crippen LogP contribution in [0.1, 0.15) is 37.1 Å². The van der Waals surface area contributed by atoms with E-state index in [1.807, 2.05) is 13.0 Å². The van der Waals surface area contributed by atoms with Crippen molar-refractivity contribution in [2.45, 2.75) is 51.3 Å². The normalized spacial score (nSPS) is 25.9. The van der Waals surface area contributed by atoms with Gasteiger partial charge in [-0.1, -0.05) is 5.16 Å². The lowest BCUT2D eigenvalue weighted by Crippen LogP contribution is -2.34. The molecule has 0 amide bonds. The first kappa shape index (κ1) is 11.6. The molecule has 1 aliphatic rings. The lowest BCUT2D eigenvalue weighted by atomic mass is 9.93. The number of hydrogen-bond donors (Lipinski definition) is 1. The Morgan fingerprint density at radius 3 is 2.75 bits per heavy atom. The van der Waals surface area contributed by atoms with E-state index in [0.717, 1.165) is 30.8 Å². The van der Waals surface area contributed by atoms with Crippen LogP contribution in [0.25, 0.3) is 0 Å². The van der Waals surface area contributed by atoms with Gasteiger partial charge in [0.15, 0.2) is 0 Å². The summed E-state index contributed by atoms with van der Waals surface area (Å²) in [6.07, 6.45) is 5.16. The predicted octanol–water partition coefficient (Wildman–Crippen LogP) is 2.03. The van der Waals surface area contributed by atoms with E-state index in [-0.39, 0.29) is 0 Å². The van der Waals surface area contributed by atoms with Crippen molar-refractivity contribution in [1.29, 1.82) is 0 Å². The Morgan fingerprint density at radius 1 is 1.44 bits per heavy atom. The van der Waals surface area contributed by atoms with Crippen molar-refractivity contribution in [2.75, 3.05) is 7.11 Å². The largest absolute Gasteiger partial charge is 0.381 e. The first-order valence-electron chi connectivity index (χ1n) is 5.96. The first-order valence-corrected chi connectivity index (χ1v) is 5.96. The molecule has 0 spiro atoms. The molecule has 0 radical (unpaired) electrons. The number of hydrogen-bond acceptors (Lipinski definition) is 4. The summed E-state index contributed by atoms with van der Waals surface area (Å²) in [5.41, 5.74) is 0.992. The standard InChI is InChI=1S/C12H20N2O2/c1-9-7-11(14-16-9)8-13-10-3-5-12(15-2)6-4-10/h7,10,12-13H,3-6,8H2,1-2H3. The van der Waals surface area contributed by atoms with E-state index < -0.39 is 0 Å². The Morgan fingerprint density at radius 2 is 2.19 bits per heavy atom. The van der Waals surface area contributed by atoms with Gasteiger partial charge >= 0.3 is 0 Å². The molecule has 0 aliphatic heterocycles. The van der Waals surface area contributed by atoms with E-state index in [4.69, 9.17) is 9.26 Å². The molecular formula is C12H20N2O2. The Bertz CT molecular complexity index is 317. The molecule has 90 valence electrons. The lowest BCUT2D eigenvalue weighted by Gasteiger charge is -2.28. The Hall–Kier alpha value is -0.870. The highest BCUT2D eigenvalue weighted by molar-refractivity contribution is 5.03. The molecule has 1 N–H and O–H groups in total. The smallest absolute Gasteiger partial charge is 0.133 e. The van der Waals surface area contributed by atoms with Gasteiger partial charge in [-0.2, -0.15) is 0 Å². The Kier molecular flexibility index (Phi) is 3.96. The molecule has 0 bridgehead atoms. The summed E-state index contributed by atoms with van der Waals surface area (Å²) in [6.45, 7) is 2.72. The lowest BCUT2D eigenvalue weighted by molar-refractivity contribution is 0.0623. The highest BCUT2D eigenvalue weighted by Gasteiger charge is 2.20. The van der Waals surface area contributed by atoms with E-state index >= 15 is 0 Å². The van der Waals surface area contributed by atoms with Gasteiger partial charge in [-0.15, -0.1) is 0 Å². The number of aryl methyl sites for hydroxylation is 1. The van der Waals surface area contributed by atoms with Crippen LogP contribution < -0.4 is 5.32 Å². The number of nitrogens with one attached hydrogen (secondary N) is 1. The topological polar surface area (TPSA) is 47.3 Å². The fourth-order valence-corrected chi connectivity index (χ4v) is 2.25. The van der Waals surface area contributed by atoms with Gasteiger partial charge in [0.2, 0.25) is 0 Å². The Balaban J connectivity index is 1.71. The van der Waals surface area contributed by atoms with Crippen LogP contribution in [-0.4, -0.2) is 24.4 Å². The van der Waals surface area contributed by atoms with Gasteiger partial charge in [0.1, 0.15) is 5.76 Å². The quantitative estimate of drug-likeness (QED) is 0.850. The highest BCUT2D eigenvalue weighted by atomic mass is 16.5. The van der Waals surface area contributed by atoms with Crippen molar-refractivity contribution in [2.24, 2.45) is 0 Å². The van der Waals surface area contributed by atoms with E-state index in [0.29, 0.717) is 12.1 Å². The second kappa shape index (κ2) is 5.46. The number of ether oxygens (including phenoxy) is 1. The minimum atomic E-state index is 0.465. The van der Waals surface area contributed by atoms with Crippen LogP contribution in [0.5, 0.6) is 0 Å². The second-order valence-electron chi connectivity index (χ2n) is 4.52. The summed E-state index contributed by atoms with van der Waals surface area (Å²) in [5.74, 6) is 0.875. The maximum absolute atomic E-state index is 5.35. The van der Waals surface area contributed by atoms with Gasteiger partial charge in [-0.3, -0.25) is 0 Å². The summed E-state index contributed by atoms with van der Waals surface area (Å²) in [4.78, 5) is 0. The number of methoxy groups -OCH3 is 1. The molecule has 4 heteroatoms. The monoisotopic (exact) mass is 224 g/mol. The van der Waals surface area contributed by atoms with Crippen LogP contribution in [0.15, 0.2) is 10.6 Å². The third-order valence-corrected chi connectivity index (χ3v) is 3.26. The SMILES string of the molecule is COC1CCC(NCc2cc(C)on2)CC1. The van der Waals surface area contributed by atoms with Crippen molar-refractivity contribution in [1.82, 2.24) is 10.5 Å². The van der Waals surface area contributed by atoms with Crippen LogP contribution in [-0.2, 0) is 11.3 Å². The minimum Gasteiger partial charge on any atom is -0.381 e. The molecule has 0 atom stereocenters. The average molecular weight is 224 g/mol. The summed E-state index contributed by atoms with van der Waals surface area (Å²) in [6, 6.07) is 2.58. The van der Waals surface area contributed by atoms with Crippen molar-refractivity contribution in [3.8, 4) is 0 Å². The summed E-state index contributed by atoms with van der Waals surface area (Å²) in [5, 5.41) is 7.49. The molecule has 2 rings (SSSR count). The summed E-state index contributed by atoms with van der Waals surface area (Å²) in [7, 11) is 1.80. The van der Waals surface area contributed by atoms with E-state index in [1.165, 1.54) is 12.8 Å². The molecule has 1 saturated carbocycles.